The fourth-order valence-corrected chi connectivity index (χ4v) is 1.10. The van der Waals surface area contributed by atoms with Crippen LogP contribution in [0.4, 0.5) is 14.5 Å². The van der Waals surface area contributed by atoms with Crippen LogP contribution in [0.15, 0.2) is 12.1 Å². The van der Waals surface area contributed by atoms with Gasteiger partial charge in [0, 0.05) is 11.8 Å². The maximum Gasteiger partial charge on any atom is 0.177 e. The molecular formula is C7H5ClF2N2S. The van der Waals surface area contributed by atoms with Gasteiger partial charge in [-0.2, -0.15) is 0 Å². The Morgan fingerprint density at radius 3 is 2.54 bits per heavy atom. The first-order valence-corrected chi connectivity index (χ1v) is 4.00. The van der Waals surface area contributed by atoms with Gasteiger partial charge < -0.3 is 11.1 Å². The number of rotatable bonds is 1. The number of anilines is 1. The lowest BCUT2D eigenvalue weighted by Crippen LogP contribution is -2.19. The maximum atomic E-state index is 12.7. The Hall–Kier alpha value is -0.940. The molecule has 0 aliphatic rings. The van der Waals surface area contributed by atoms with Crippen LogP contribution < -0.4 is 11.1 Å². The summed E-state index contributed by atoms with van der Waals surface area (Å²) in [4.78, 5) is 0. The van der Waals surface area contributed by atoms with E-state index in [9.17, 15) is 8.78 Å². The highest BCUT2D eigenvalue weighted by molar-refractivity contribution is 7.80. The summed E-state index contributed by atoms with van der Waals surface area (Å²) in [5.41, 5.74) is 5.34. The molecular weight excluding hydrogens is 218 g/mol. The largest absolute Gasteiger partial charge is 0.376 e. The minimum Gasteiger partial charge on any atom is -0.376 e. The average molecular weight is 223 g/mol. The number of nitrogens with one attached hydrogen (secondary N) is 1. The van der Waals surface area contributed by atoms with Gasteiger partial charge in [-0.1, -0.05) is 11.6 Å². The number of benzene rings is 1. The Balaban J connectivity index is 3.06. The van der Waals surface area contributed by atoms with Gasteiger partial charge in [-0.25, -0.2) is 8.78 Å². The van der Waals surface area contributed by atoms with Crippen LogP contribution in [0.3, 0.4) is 0 Å². The lowest BCUT2D eigenvalue weighted by molar-refractivity contribution is 0.509. The predicted molar refractivity (Wildman–Crippen MR) is 51.8 cm³/mol. The molecule has 0 unspecified atom stereocenters. The molecule has 0 bridgehead atoms. The van der Waals surface area contributed by atoms with E-state index in [1.807, 2.05) is 0 Å². The van der Waals surface area contributed by atoms with Gasteiger partial charge in [0.1, 0.15) is 0 Å². The standard InChI is InChI=1S/C7H5ClF2N2S/c8-4-1-3(12-7(11)13)2-5(9)6(4)10/h1-2H,(H3,11,12,13). The normalized spacial score (nSPS) is 9.77. The summed E-state index contributed by atoms with van der Waals surface area (Å²) in [6.07, 6.45) is 0. The highest BCUT2D eigenvalue weighted by Gasteiger charge is 2.08. The van der Waals surface area contributed by atoms with Gasteiger partial charge in [-0.15, -0.1) is 0 Å². The molecule has 1 aromatic rings. The average Bonchev–Trinajstić information content (AvgIpc) is 1.98. The van der Waals surface area contributed by atoms with Crippen molar-refractivity contribution in [2.45, 2.75) is 0 Å². The van der Waals surface area contributed by atoms with Crippen molar-refractivity contribution in [2.24, 2.45) is 5.73 Å². The minimum absolute atomic E-state index is 0.0397. The van der Waals surface area contributed by atoms with E-state index in [4.69, 9.17) is 17.3 Å². The van der Waals surface area contributed by atoms with E-state index in [0.29, 0.717) is 0 Å². The topological polar surface area (TPSA) is 38.0 Å². The summed E-state index contributed by atoms with van der Waals surface area (Å²) < 4.78 is 25.4. The van der Waals surface area contributed by atoms with E-state index in [2.05, 4.69) is 17.5 Å². The van der Waals surface area contributed by atoms with Crippen molar-refractivity contribution in [1.29, 1.82) is 0 Å². The molecule has 70 valence electrons. The quantitative estimate of drug-likeness (QED) is 0.566. The number of thiocarbonyl (C=S) groups is 1. The highest BCUT2D eigenvalue weighted by Crippen LogP contribution is 2.22. The lowest BCUT2D eigenvalue weighted by Gasteiger charge is -2.04. The first kappa shape index (κ1) is 10.1. The Morgan fingerprint density at radius 1 is 1.46 bits per heavy atom. The van der Waals surface area contributed by atoms with Crippen LogP contribution in [0.5, 0.6) is 0 Å². The van der Waals surface area contributed by atoms with Gasteiger partial charge in [-0.3, -0.25) is 0 Å². The van der Waals surface area contributed by atoms with Crippen molar-refractivity contribution in [2.75, 3.05) is 5.32 Å². The zero-order valence-electron chi connectivity index (χ0n) is 6.27. The second kappa shape index (κ2) is 3.85. The van der Waals surface area contributed by atoms with E-state index < -0.39 is 11.6 Å². The molecule has 0 amide bonds. The molecule has 0 spiro atoms. The fraction of sp³-hybridized carbons (Fsp3) is 0. The molecule has 0 aromatic heterocycles. The molecule has 0 heterocycles. The third-order valence-corrected chi connectivity index (χ3v) is 1.63. The summed E-state index contributed by atoms with van der Waals surface area (Å²) in [6, 6.07) is 2.11. The molecule has 2 nitrogen and oxygen atoms in total. The third kappa shape index (κ3) is 2.50. The molecule has 0 radical (unpaired) electrons. The van der Waals surface area contributed by atoms with Crippen molar-refractivity contribution in [3.8, 4) is 0 Å². The van der Waals surface area contributed by atoms with Crippen LogP contribution in [0, 0.1) is 11.6 Å². The monoisotopic (exact) mass is 222 g/mol. The molecule has 6 heteroatoms. The van der Waals surface area contributed by atoms with Gasteiger partial charge in [-0.05, 0) is 18.3 Å². The Morgan fingerprint density at radius 2 is 2.08 bits per heavy atom. The molecule has 1 rings (SSSR count). The van der Waals surface area contributed by atoms with Crippen LogP contribution in [-0.2, 0) is 0 Å². The number of hydrogen-bond acceptors (Lipinski definition) is 1. The predicted octanol–water partition coefficient (Wildman–Crippen LogP) is 2.27. The molecule has 0 saturated carbocycles. The lowest BCUT2D eigenvalue weighted by atomic mass is 10.3. The number of halogens is 3. The van der Waals surface area contributed by atoms with Crippen LogP contribution in [0.1, 0.15) is 0 Å². The molecule has 0 aliphatic heterocycles. The molecule has 0 aliphatic carbocycles. The van der Waals surface area contributed by atoms with E-state index in [1.54, 1.807) is 0 Å². The first-order valence-electron chi connectivity index (χ1n) is 3.21. The molecule has 0 atom stereocenters. The van der Waals surface area contributed by atoms with Crippen LogP contribution in [0.2, 0.25) is 5.02 Å². The summed E-state index contributed by atoms with van der Waals surface area (Å²) >= 11 is 9.87. The van der Waals surface area contributed by atoms with Gasteiger partial charge in [0.25, 0.3) is 0 Å². The Labute approximate surface area is 83.7 Å². The van der Waals surface area contributed by atoms with Gasteiger partial charge in [0.2, 0.25) is 0 Å². The van der Waals surface area contributed by atoms with Gasteiger partial charge >= 0.3 is 0 Å². The molecule has 3 N–H and O–H groups in total. The first-order chi connectivity index (χ1) is 6.00. The zero-order valence-corrected chi connectivity index (χ0v) is 7.85. The molecule has 1 aromatic carbocycles. The maximum absolute atomic E-state index is 12.7. The van der Waals surface area contributed by atoms with E-state index in [-0.39, 0.29) is 15.8 Å². The molecule has 13 heavy (non-hydrogen) atoms. The summed E-state index contributed by atoms with van der Waals surface area (Å²) in [7, 11) is 0. The summed E-state index contributed by atoms with van der Waals surface area (Å²) in [5, 5.41) is 2.07. The van der Waals surface area contributed by atoms with Crippen molar-refractivity contribution >= 4 is 34.6 Å². The van der Waals surface area contributed by atoms with Crippen molar-refractivity contribution in [3.63, 3.8) is 0 Å². The zero-order chi connectivity index (χ0) is 10.0. The molecule has 0 saturated heterocycles. The van der Waals surface area contributed by atoms with Crippen molar-refractivity contribution in [1.82, 2.24) is 0 Å². The SMILES string of the molecule is NC(=S)Nc1cc(F)c(F)c(Cl)c1. The highest BCUT2D eigenvalue weighted by atomic mass is 35.5. The van der Waals surface area contributed by atoms with Crippen molar-refractivity contribution in [3.05, 3.63) is 28.8 Å². The second-order valence-electron chi connectivity index (χ2n) is 2.24. The van der Waals surface area contributed by atoms with Gasteiger partial charge in [0.15, 0.2) is 16.7 Å². The molecule has 0 fully saturated rings. The van der Waals surface area contributed by atoms with Crippen LogP contribution in [-0.4, -0.2) is 5.11 Å². The van der Waals surface area contributed by atoms with E-state index in [0.717, 1.165) is 6.07 Å². The summed E-state index contributed by atoms with van der Waals surface area (Å²) in [6.45, 7) is 0. The van der Waals surface area contributed by atoms with Crippen molar-refractivity contribution < 1.29 is 8.78 Å². The number of hydrogen-bond donors (Lipinski definition) is 2. The summed E-state index contributed by atoms with van der Waals surface area (Å²) in [5.74, 6) is -2.14. The fourth-order valence-electron chi connectivity index (χ4n) is 0.770. The number of nitrogens with two attached hydrogens (primary N) is 1. The third-order valence-electron chi connectivity index (χ3n) is 1.25. The second-order valence-corrected chi connectivity index (χ2v) is 3.09. The smallest absolute Gasteiger partial charge is 0.177 e. The van der Waals surface area contributed by atoms with Crippen LogP contribution in [0.25, 0.3) is 0 Å². The van der Waals surface area contributed by atoms with Crippen LogP contribution >= 0.6 is 23.8 Å². The van der Waals surface area contributed by atoms with E-state index >= 15 is 0 Å². The Bertz CT molecular complexity index is 333. The Kier molecular flexibility index (Phi) is 3.00. The van der Waals surface area contributed by atoms with Gasteiger partial charge in [0.05, 0.1) is 5.02 Å². The minimum atomic E-state index is -1.09. The van der Waals surface area contributed by atoms with E-state index in [1.165, 1.54) is 6.07 Å².